The van der Waals surface area contributed by atoms with Crippen molar-refractivity contribution >= 4 is 17.7 Å². The SMILES string of the molecule is COC12C(CO)C3=C(C(=O)C=C(N4CCOCC4)C3=O)N1CC1NC12.NC(=O)O. The Hall–Kier alpha value is -2.47. The van der Waals surface area contributed by atoms with Crippen LogP contribution < -0.4 is 11.1 Å². The topological polar surface area (TPSA) is 165 Å². The fourth-order valence-corrected chi connectivity index (χ4v) is 5.00. The predicted molar refractivity (Wildman–Crippen MR) is 97.5 cm³/mol. The van der Waals surface area contributed by atoms with Crippen molar-refractivity contribution in [3.05, 3.63) is 23.0 Å². The normalized spacial score (nSPS) is 34.8. The van der Waals surface area contributed by atoms with Crippen LogP contribution in [0.25, 0.3) is 0 Å². The molecule has 29 heavy (non-hydrogen) atoms. The number of ether oxygens (including phenoxy) is 2. The van der Waals surface area contributed by atoms with E-state index in [1.807, 2.05) is 9.80 Å². The van der Waals surface area contributed by atoms with Gasteiger partial charge < -0.3 is 40.5 Å². The molecule has 0 aromatic carbocycles. The van der Waals surface area contributed by atoms with Crippen LogP contribution in [0.4, 0.5) is 4.79 Å². The number of aliphatic hydroxyl groups is 1. The summed E-state index contributed by atoms with van der Waals surface area (Å²) >= 11 is 0. The molecule has 11 nitrogen and oxygen atoms in total. The van der Waals surface area contributed by atoms with E-state index in [0.29, 0.717) is 49.8 Å². The Kier molecular flexibility index (Phi) is 4.85. The Labute approximate surface area is 166 Å². The maximum Gasteiger partial charge on any atom is 0.402 e. The largest absolute Gasteiger partial charge is 0.465 e. The first kappa shape index (κ1) is 19.8. The Morgan fingerprint density at radius 2 is 2.07 bits per heavy atom. The summed E-state index contributed by atoms with van der Waals surface area (Å²) in [5.74, 6) is -0.868. The van der Waals surface area contributed by atoms with Crippen molar-refractivity contribution in [1.29, 1.82) is 0 Å². The number of carboxylic acid groups (broad SMARTS) is 1. The lowest BCUT2D eigenvalue weighted by Crippen LogP contribution is -2.54. The standard InChI is InChI=1S/C17H21N3O5.CH3NO2/c1-24-17-9(8-21)13-14(20(17)7-10-16(17)18-10)12(22)6-11(15(13)23)19-2-4-25-5-3-19;2-1(3)4/h6,9-10,16,18,21H,2-5,7-8H2,1H3;2H2,(H,3,4). The first-order valence-electron chi connectivity index (χ1n) is 9.42. The van der Waals surface area contributed by atoms with Crippen LogP contribution in [0.3, 0.4) is 0 Å². The third-order valence-corrected chi connectivity index (χ3v) is 6.15. The van der Waals surface area contributed by atoms with E-state index in [2.05, 4.69) is 11.1 Å². The number of amides is 1. The number of methoxy groups -OCH3 is 1. The number of hydrogen-bond acceptors (Lipinski definition) is 9. The van der Waals surface area contributed by atoms with Gasteiger partial charge in [0.1, 0.15) is 0 Å². The molecule has 0 aromatic rings. The fraction of sp³-hybridized carbons (Fsp3) is 0.611. The van der Waals surface area contributed by atoms with Gasteiger partial charge in [0.05, 0.1) is 43.2 Å². The van der Waals surface area contributed by atoms with Crippen LogP contribution in [-0.4, -0.2) is 102 Å². The van der Waals surface area contributed by atoms with Crippen molar-refractivity contribution < 1.29 is 34.1 Å². The minimum Gasteiger partial charge on any atom is -0.465 e. The van der Waals surface area contributed by atoms with Gasteiger partial charge in [-0.1, -0.05) is 0 Å². The second kappa shape index (κ2) is 7.10. The van der Waals surface area contributed by atoms with Gasteiger partial charge in [-0.2, -0.15) is 0 Å². The van der Waals surface area contributed by atoms with Crippen LogP contribution in [0.2, 0.25) is 0 Å². The van der Waals surface area contributed by atoms with Gasteiger partial charge >= 0.3 is 6.09 Å². The minimum absolute atomic E-state index is 0.0349. The number of hydrogen-bond donors (Lipinski definition) is 4. The molecular weight excluding hydrogens is 384 g/mol. The average molecular weight is 408 g/mol. The lowest BCUT2D eigenvalue weighted by atomic mass is 9.84. The molecule has 4 aliphatic heterocycles. The van der Waals surface area contributed by atoms with E-state index >= 15 is 0 Å². The summed E-state index contributed by atoms with van der Waals surface area (Å²) in [7, 11) is 1.59. The highest BCUT2D eigenvalue weighted by atomic mass is 16.5. The van der Waals surface area contributed by atoms with Crippen LogP contribution >= 0.6 is 0 Å². The molecule has 4 unspecified atom stereocenters. The van der Waals surface area contributed by atoms with E-state index in [9.17, 15) is 14.7 Å². The van der Waals surface area contributed by atoms with Gasteiger partial charge in [-0.25, -0.2) is 4.79 Å². The molecule has 0 spiro atoms. The van der Waals surface area contributed by atoms with Gasteiger partial charge in [0.2, 0.25) is 11.6 Å². The van der Waals surface area contributed by atoms with E-state index < -0.39 is 17.7 Å². The molecule has 3 fully saturated rings. The van der Waals surface area contributed by atoms with Gasteiger partial charge in [0.15, 0.2) is 5.72 Å². The molecular formula is C18H24N4O7. The van der Waals surface area contributed by atoms with Crippen molar-refractivity contribution in [2.24, 2.45) is 11.7 Å². The summed E-state index contributed by atoms with van der Waals surface area (Å²) < 4.78 is 11.2. The van der Waals surface area contributed by atoms with Gasteiger partial charge in [-0.15, -0.1) is 0 Å². The number of piperazine rings is 1. The first-order chi connectivity index (χ1) is 13.9. The molecule has 3 saturated heterocycles. The molecule has 5 rings (SSSR count). The van der Waals surface area contributed by atoms with E-state index in [1.54, 1.807) is 7.11 Å². The highest BCUT2D eigenvalue weighted by Crippen LogP contribution is 2.55. The maximum absolute atomic E-state index is 13.3. The molecule has 1 amide bonds. The number of fused-ring (bicyclic) bond motifs is 4. The van der Waals surface area contributed by atoms with Crippen LogP contribution in [0, 0.1) is 5.92 Å². The van der Waals surface area contributed by atoms with E-state index in [-0.39, 0.29) is 30.3 Å². The number of aliphatic hydroxyl groups excluding tert-OH is 1. The summed E-state index contributed by atoms with van der Waals surface area (Å²) in [5, 5.41) is 20.6. The number of allylic oxidation sites excluding steroid dienone is 2. The van der Waals surface area contributed by atoms with Crippen LogP contribution in [-0.2, 0) is 19.1 Å². The van der Waals surface area contributed by atoms with Crippen LogP contribution in [0.1, 0.15) is 0 Å². The number of carbonyl (C=O) groups excluding carboxylic acids is 2. The van der Waals surface area contributed by atoms with E-state index in [4.69, 9.17) is 19.4 Å². The number of nitrogens with zero attached hydrogens (tertiary/aromatic N) is 2. The first-order valence-corrected chi connectivity index (χ1v) is 9.42. The number of Topliss-reactive ketones (excluding diaryl/α,β-unsaturated/α-hetero) is 1. The summed E-state index contributed by atoms with van der Waals surface area (Å²) in [5.41, 5.74) is 4.42. The predicted octanol–water partition coefficient (Wildman–Crippen LogP) is -2.15. The second-order valence-electron chi connectivity index (χ2n) is 7.48. The molecule has 1 aliphatic carbocycles. The molecule has 0 radical (unpaired) electrons. The summed E-state index contributed by atoms with van der Waals surface area (Å²) in [4.78, 5) is 38.8. The van der Waals surface area contributed by atoms with Gasteiger partial charge in [0.25, 0.3) is 0 Å². The number of morpholine rings is 1. The molecule has 5 N–H and O–H groups in total. The molecule has 0 aromatic heterocycles. The molecule has 11 heteroatoms. The van der Waals surface area contributed by atoms with Gasteiger partial charge in [0, 0.05) is 44.4 Å². The minimum atomic E-state index is -1.33. The zero-order valence-electron chi connectivity index (χ0n) is 16.0. The third-order valence-electron chi connectivity index (χ3n) is 6.15. The molecule has 158 valence electrons. The number of nitrogens with two attached hydrogens (primary N) is 1. The maximum atomic E-state index is 13.3. The highest BCUT2D eigenvalue weighted by Gasteiger charge is 2.72. The number of carbonyl (C=O) groups is 3. The molecule has 5 aliphatic rings. The van der Waals surface area contributed by atoms with Crippen LogP contribution in [0.15, 0.2) is 23.0 Å². The lowest BCUT2D eigenvalue weighted by Gasteiger charge is -2.39. The van der Waals surface area contributed by atoms with Crippen molar-refractivity contribution in [3.63, 3.8) is 0 Å². The number of rotatable bonds is 3. The Balaban J connectivity index is 0.000000472. The van der Waals surface area contributed by atoms with Gasteiger partial charge in [-0.3, -0.25) is 9.59 Å². The van der Waals surface area contributed by atoms with E-state index in [0.717, 1.165) is 0 Å². The number of ketones is 2. The van der Waals surface area contributed by atoms with Crippen molar-refractivity contribution in [3.8, 4) is 0 Å². The quantitative estimate of drug-likeness (QED) is 0.299. The number of nitrogens with one attached hydrogen (secondary N) is 1. The smallest absolute Gasteiger partial charge is 0.402 e. The monoisotopic (exact) mass is 408 g/mol. The van der Waals surface area contributed by atoms with E-state index in [1.165, 1.54) is 6.08 Å². The van der Waals surface area contributed by atoms with Crippen molar-refractivity contribution in [1.82, 2.24) is 15.1 Å². The summed E-state index contributed by atoms with van der Waals surface area (Å²) in [6.45, 7) is 2.63. The average Bonchev–Trinajstić information content (AvgIpc) is 3.30. The third kappa shape index (κ3) is 2.84. The number of primary amides is 1. The highest BCUT2D eigenvalue weighted by molar-refractivity contribution is 6.23. The van der Waals surface area contributed by atoms with Crippen molar-refractivity contribution in [2.75, 3.05) is 46.6 Å². The Bertz CT molecular complexity index is 815. The van der Waals surface area contributed by atoms with Crippen molar-refractivity contribution in [2.45, 2.75) is 17.8 Å². The summed E-state index contributed by atoms with van der Waals surface area (Å²) in [6, 6.07) is 0.281. The molecule has 4 atom stereocenters. The second-order valence-corrected chi connectivity index (χ2v) is 7.48. The summed E-state index contributed by atoms with van der Waals surface area (Å²) in [6.07, 6.45) is 0.115. The molecule has 4 heterocycles. The zero-order chi connectivity index (χ0) is 20.9. The fourth-order valence-electron chi connectivity index (χ4n) is 5.00. The van der Waals surface area contributed by atoms with Gasteiger partial charge in [-0.05, 0) is 0 Å². The van der Waals surface area contributed by atoms with Crippen LogP contribution in [0.5, 0.6) is 0 Å². The lowest BCUT2D eigenvalue weighted by molar-refractivity contribution is -0.136. The zero-order valence-corrected chi connectivity index (χ0v) is 16.0. The molecule has 0 bridgehead atoms. The Morgan fingerprint density at radius 3 is 2.66 bits per heavy atom. The Morgan fingerprint density at radius 1 is 1.41 bits per heavy atom. The molecule has 0 saturated carbocycles.